The second kappa shape index (κ2) is 17.0. The molecule has 2 amide bonds. The summed E-state index contributed by atoms with van der Waals surface area (Å²) in [6.07, 6.45) is 15.1. The zero-order chi connectivity index (χ0) is 42.0. The van der Waals surface area contributed by atoms with Crippen LogP contribution in [0.2, 0.25) is 0 Å². The summed E-state index contributed by atoms with van der Waals surface area (Å²) in [5, 5.41) is 0. The predicted octanol–water partition coefficient (Wildman–Crippen LogP) is 4.77. The van der Waals surface area contributed by atoms with Crippen molar-refractivity contribution < 1.29 is 9.59 Å². The van der Waals surface area contributed by atoms with Crippen molar-refractivity contribution in [3.63, 3.8) is 0 Å². The Labute approximate surface area is 360 Å². The number of hydrogen-bond donors (Lipinski definition) is 0. The molecule has 13 heteroatoms. The van der Waals surface area contributed by atoms with E-state index in [0.29, 0.717) is 36.2 Å². The Hall–Kier alpha value is -6.90. The predicted molar refractivity (Wildman–Crippen MR) is 245 cm³/mol. The number of piperazine rings is 2. The van der Waals surface area contributed by atoms with Gasteiger partial charge in [0.2, 0.25) is 0 Å². The molecular formula is C48H44N10O2S. The van der Waals surface area contributed by atoms with Gasteiger partial charge in [0.25, 0.3) is 11.8 Å². The van der Waals surface area contributed by atoms with E-state index in [1.54, 1.807) is 9.80 Å². The van der Waals surface area contributed by atoms with Crippen LogP contribution in [0.25, 0.3) is 0 Å². The minimum atomic E-state index is -0.117. The molecule has 304 valence electrons. The smallest absolute Gasteiger partial charge is 0.284 e. The molecule has 7 heterocycles. The van der Waals surface area contributed by atoms with Crippen LogP contribution in [0.1, 0.15) is 32.0 Å². The highest BCUT2D eigenvalue weighted by Gasteiger charge is 2.38. The topological polar surface area (TPSA) is 103 Å². The van der Waals surface area contributed by atoms with Gasteiger partial charge in [-0.1, -0.05) is 72.5 Å². The van der Waals surface area contributed by atoms with Gasteiger partial charge in [-0.15, -0.1) is 24.2 Å². The summed E-state index contributed by atoms with van der Waals surface area (Å²) in [5.41, 5.74) is 7.74. The third-order valence-corrected chi connectivity index (χ3v) is 12.4. The molecule has 6 aliphatic heterocycles. The first kappa shape index (κ1) is 39.6. The molecule has 0 saturated carbocycles. The lowest BCUT2D eigenvalue weighted by Crippen LogP contribution is -2.42. The summed E-state index contributed by atoms with van der Waals surface area (Å²) in [5.74, 6) is 6.47. The minimum Gasteiger partial charge on any atom is -0.373 e. The van der Waals surface area contributed by atoms with Crippen molar-refractivity contribution >= 4 is 57.6 Å². The third kappa shape index (κ3) is 7.95. The zero-order valence-corrected chi connectivity index (χ0v) is 35.0. The van der Waals surface area contributed by atoms with Crippen LogP contribution >= 0.6 is 11.3 Å². The van der Waals surface area contributed by atoms with Crippen LogP contribution in [-0.4, -0.2) is 134 Å². The fraction of sp³-hybridized carbons (Fsp3) is 0.250. The van der Waals surface area contributed by atoms with Crippen LogP contribution < -0.4 is 9.80 Å². The standard InChI is InChI=1S/C25H23N5O.C23H21N5OS/c1-3-18-9-10-22-20(15-18)24(19-7-5-4-6-8-19)26-16-23-27-21(25(31)30(22)23)17-29-13-11-28(2)12-14-29;1-3-17-13-19-22(30-17)21(16-7-5-4-6-8-16)24-14-20-25-18(23(29)28(19)20)15-27-11-9-26(2)10-12-27/h1,4-10,15,17H,11-14,16H2,2H3;1,4-8,13,15H,9-12,14H2,2H3/b21-17-;18-15-. The molecule has 1 aromatic heterocycles. The van der Waals surface area contributed by atoms with Gasteiger partial charge in [-0.3, -0.25) is 29.4 Å². The average Bonchev–Trinajstić information content (AvgIpc) is 3.87. The van der Waals surface area contributed by atoms with Gasteiger partial charge in [-0.05, 0) is 38.4 Å². The number of carbonyl (C=O) groups excluding carboxylic acids is 2. The maximum absolute atomic E-state index is 13.4. The fourth-order valence-electron chi connectivity index (χ4n) is 7.98. The second-order valence-electron chi connectivity index (χ2n) is 15.5. The summed E-state index contributed by atoms with van der Waals surface area (Å²) in [6.45, 7) is 8.12. The van der Waals surface area contributed by atoms with E-state index in [9.17, 15) is 9.59 Å². The normalized spacial score (nSPS) is 20.2. The molecule has 6 aliphatic rings. The van der Waals surface area contributed by atoms with E-state index >= 15 is 0 Å². The number of terminal acetylenes is 2. The number of likely N-dealkylation sites (N-methyl/N-ethyl adjacent to an activating group) is 2. The Morgan fingerprint density at radius 2 is 1.11 bits per heavy atom. The molecule has 2 fully saturated rings. The molecule has 2 saturated heterocycles. The van der Waals surface area contributed by atoms with Crippen LogP contribution in [0.15, 0.2) is 129 Å². The molecule has 0 atom stereocenters. The van der Waals surface area contributed by atoms with Crippen molar-refractivity contribution in [1.82, 2.24) is 19.6 Å². The molecule has 0 aliphatic carbocycles. The molecule has 4 aromatic rings. The molecule has 0 unspecified atom stereocenters. The van der Waals surface area contributed by atoms with Crippen LogP contribution in [-0.2, 0) is 9.59 Å². The molecule has 0 N–H and O–H groups in total. The number of thiophene rings is 1. The quantitative estimate of drug-likeness (QED) is 0.217. The lowest BCUT2D eigenvalue weighted by atomic mass is 9.98. The number of amidine groups is 2. The lowest BCUT2D eigenvalue weighted by Gasteiger charge is -2.31. The highest BCUT2D eigenvalue weighted by molar-refractivity contribution is 7.15. The largest absolute Gasteiger partial charge is 0.373 e. The number of anilines is 2. The summed E-state index contributed by atoms with van der Waals surface area (Å²) in [7, 11) is 4.22. The van der Waals surface area contributed by atoms with Crippen LogP contribution in [0.3, 0.4) is 0 Å². The van der Waals surface area contributed by atoms with Gasteiger partial charge in [0.15, 0.2) is 0 Å². The highest BCUT2D eigenvalue weighted by Crippen LogP contribution is 2.38. The number of rotatable bonds is 4. The molecule has 61 heavy (non-hydrogen) atoms. The molecule has 10 rings (SSSR count). The Balaban J connectivity index is 0.000000156. The molecule has 12 nitrogen and oxygen atoms in total. The number of fused-ring (bicyclic) bond motifs is 6. The summed E-state index contributed by atoms with van der Waals surface area (Å²) in [4.78, 5) is 59.8. The Morgan fingerprint density at radius 1 is 0.607 bits per heavy atom. The van der Waals surface area contributed by atoms with E-state index in [0.717, 1.165) is 107 Å². The number of amides is 2. The van der Waals surface area contributed by atoms with E-state index in [-0.39, 0.29) is 11.8 Å². The van der Waals surface area contributed by atoms with Crippen LogP contribution in [0, 0.1) is 24.7 Å². The van der Waals surface area contributed by atoms with Crippen LogP contribution in [0.5, 0.6) is 0 Å². The average molecular weight is 825 g/mol. The highest BCUT2D eigenvalue weighted by atomic mass is 32.1. The van der Waals surface area contributed by atoms with Gasteiger partial charge < -0.3 is 19.6 Å². The maximum Gasteiger partial charge on any atom is 0.284 e. The van der Waals surface area contributed by atoms with Gasteiger partial charge in [0, 0.05) is 87.0 Å². The first-order chi connectivity index (χ1) is 29.8. The monoisotopic (exact) mass is 824 g/mol. The maximum atomic E-state index is 13.4. The number of nitrogens with zero attached hydrogens (tertiary/aromatic N) is 10. The lowest BCUT2D eigenvalue weighted by molar-refractivity contribution is -0.114. The number of hydrogen-bond acceptors (Lipinski definition) is 11. The van der Waals surface area contributed by atoms with Crippen molar-refractivity contribution in [1.29, 1.82) is 0 Å². The molecule has 0 radical (unpaired) electrons. The van der Waals surface area contributed by atoms with Gasteiger partial charge >= 0.3 is 0 Å². The SMILES string of the molecule is C#Cc1cc2c(s1)C(c1ccccc1)=NCC1=N/C(=C\N3CCN(C)CC3)C(=O)N12.C#Cc1ccc2c(c1)C(c1ccccc1)=NCC1=N/C(=C\N3CCN(C)CC3)C(=O)N12. The summed E-state index contributed by atoms with van der Waals surface area (Å²) in [6, 6.07) is 27.6. The zero-order valence-electron chi connectivity index (χ0n) is 34.2. The minimum absolute atomic E-state index is 0.115. The molecule has 0 spiro atoms. The Bertz CT molecular complexity index is 2660. The van der Waals surface area contributed by atoms with Gasteiger partial charge in [-0.25, -0.2) is 9.98 Å². The third-order valence-electron chi connectivity index (χ3n) is 11.4. The number of carbonyl (C=O) groups is 2. The van der Waals surface area contributed by atoms with E-state index in [1.807, 2.05) is 97.3 Å². The Kier molecular flexibility index (Phi) is 11.0. The van der Waals surface area contributed by atoms with Crippen molar-refractivity contribution in [2.75, 3.05) is 89.3 Å². The summed E-state index contributed by atoms with van der Waals surface area (Å²) < 4.78 is 0. The van der Waals surface area contributed by atoms with Gasteiger partial charge in [0.1, 0.15) is 23.1 Å². The number of aliphatic imine (C=N–C) groups is 4. The fourth-order valence-corrected chi connectivity index (χ4v) is 8.96. The van der Waals surface area contributed by atoms with Gasteiger partial charge in [-0.2, -0.15) is 0 Å². The van der Waals surface area contributed by atoms with Crippen molar-refractivity contribution in [3.8, 4) is 24.7 Å². The number of benzene rings is 3. The van der Waals surface area contributed by atoms with E-state index in [1.165, 1.54) is 11.3 Å². The van der Waals surface area contributed by atoms with Crippen LogP contribution in [0.4, 0.5) is 11.4 Å². The van der Waals surface area contributed by atoms with Gasteiger partial charge in [0.05, 0.1) is 45.6 Å². The molecule has 3 aromatic carbocycles. The van der Waals surface area contributed by atoms with Crippen molar-refractivity contribution in [2.45, 2.75) is 0 Å². The molecular weight excluding hydrogens is 781 g/mol. The summed E-state index contributed by atoms with van der Waals surface area (Å²) >= 11 is 1.49. The van der Waals surface area contributed by atoms with Crippen molar-refractivity contribution in [2.24, 2.45) is 20.0 Å². The van der Waals surface area contributed by atoms with E-state index < -0.39 is 0 Å². The first-order valence-corrected chi connectivity index (χ1v) is 21.1. The molecule has 0 bridgehead atoms. The Morgan fingerprint density at radius 3 is 1.64 bits per heavy atom. The van der Waals surface area contributed by atoms with E-state index in [4.69, 9.17) is 22.8 Å². The van der Waals surface area contributed by atoms with E-state index in [2.05, 4.69) is 55.5 Å². The first-order valence-electron chi connectivity index (χ1n) is 20.3. The van der Waals surface area contributed by atoms with Crippen molar-refractivity contribution in [3.05, 3.63) is 141 Å². The second-order valence-corrected chi connectivity index (χ2v) is 16.5.